The highest BCUT2D eigenvalue weighted by Gasteiger charge is 2.17. The summed E-state index contributed by atoms with van der Waals surface area (Å²) >= 11 is 0.955. The molecule has 0 spiro atoms. The van der Waals surface area contributed by atoms with Crippen molar-refractivity contribution in [3.63, 3.8) is 0 Å². The molecule has 0 amide bonds. The number of nitriles is 1. The summed E-state index contributed by atoms with van der Waals surface area (Å²) in [5.41, 5.74) is 0. The molecule has 3 nitrogen and oxygen atoms in total. The molecule has 0 saturated carbocycles. The Morgan fingerprint density at radius 2 is 2.36 bits per heavy atom. The number of nitrogens with zero attached hydrogens (tertiary/aromatic N) is 1. The second-order valence-electron chi connectivity index (χ2n) is 1.86. The lowest BCUT2D eigenvalue weighted by atomic mass is 10.3. The summed E-state index contributed by atoms with van der Waals surface area (Å²) in [5, 5.41) is 9.84. The molecule has 0 heterocycles. The summed E-state index contributed by atoms with van der Waals surface area (Å²) in [6, 6.07) is 0. The van der Waals surface area contributed by atoms with Crippen LogP contribution in [0.2, 0.25) is 0 Å². The largest absolute Gasteiger partial charge is 0.465 e. The van der Waals surface area contributed by atoms with Gasteiger partial charge in [-0.15, -0.1) is 0 Å². The number of esters is 1. The number of thiocyanates is 1. The van der Waals surface area contributed by atoms with E-state index < -0.39 is 0 Å². The minimum absolute atomic E-state index is 0.290. The van der Waals surface area contributed by atoms with E-state index in [1.807, 2.05) is 12.3 Å². The SMILES string of the molecule is CCOC(=O)[C@H](CC)SC#N. The van der Waals surface area contributed by atoms with Gasteiger partial charge in [0, 0.05) is 0 Å². The highest BCUT2D eigenvalue weighted by Crippen LogP contribution is 2.13. The van der Waals surface area contributed by atoms with Crippen molar-refractivity contribution in [3.8, 4) is 5.40 Å². The predicted octanol–water partition coefficient (Wildman–Crippen LogP) is 1.54. The fraction of sp³-hybridized carbons (Fsp3) is 0.714. The van der Waals surface area contributed by atoms with Crippen molar-refractivity contribution in [1.82, 2.24) is 0 Å². The van der Waals surface area contributed by atoms with E-state index in [0.29, 0.717) is 13.0 Å². The molecule has 0 unspecified atom stereocenters. The van der Waals surface area contributed by atoms with Crippen molar-refractivity contribution in [2.75, 3.05) is 6.61 Å². The summed E-state index contributed by atoms with van der Waals surface area (Å²) < 4.78 is 4.74. The first kappa shape index (κ1) is 10.3. The van der Waals surface area contributed by atoms with Crippen LogP contribution in [0.1, 0.15) is 20.3 Å². The molecule has 0 bridgehead atoms. The van der Waals surface area contributed by atoms with Crippen LogP contribution in [-0.4, -0.2) is 17.8 Å². The first-order chi connectivity index (χ1) is 5.26. The minimum Gasteiger partial charge on any atom is -0.465 e. The molecule has 62 valence electrons. The van der Waals surface area contributed by atoms with Gasteiger partial charge in [0.05, 0.1) is 6.61 Å². The third kappa shape index (κ3) is 3.89. The number of thioether (sulfide) groups is 1. The molecule has 0 aliphatic rings. The van der Waals surface area contributed by atoms with Crippen LogP contribution in [0.5, 0.6) is 0 Å². The number of hydrogen-bond acceptors (Lipinski definition) is 4. The Bertz CT molecular complexity index is 164. The van der Waals surface area contributed by atoms with Gasteiger partial charge in [0.1, 0.15) is 10.7 Å². The number of hydrogen-bond donors (Lipinski definition) is 0. The lowest BCUT2D eigenvalue weighted by Gasteiger charge is -2.07. The van der Waals surface area contributed by atoms with E-state index in [-0.39, 0.29) is 11.2 Å². The van der Waals surface area contributed by atoms with E-state index in [4.69, 9.17) is 10.00 Å². The normalized spacial score (nSPS) is 11.7. The minimum atomic E-state index is -0.319. The van der Waals surface area contributed by atoms with Gasteiger partial charge in [-0.25, -0.2) is 0 Å². The molecular formula is C7H11NO2S. The van der Waals surface area contributed by atoms with E-state index in [0.717, 1.165) is 11.8 Å². The Labute approximate surface area is 70.7 Å². The van der Waals surface area contributed by atoms with E-state index >= 15 is 0 Å². The Hall–Kier alpha value is -0.690. The molecule has 0 aromatic carbocycles. The first-order valence-corrected chi connectivity index (χ1v) is 4.35. The Morgan fingerprint density at radius 3 is 2.73 bits per heavy atom. The lowest BCUT2D eigenvalue weighted by molar-refractivity contribution is -0.142. The number of rotatable bonds is 4. The van der Waals surface area contributed by atoms with Crippen molar-refractivity contribution in [3.05, 3.63) is 0 Å². The molecule has 0 aliphatic carbocycles. The maximum absolute atomic E-state index is 11.0. The van der Waals surface area contributed by atoms with Crippen LogP contribution in [0.15, 0.2) is 0 Å². The highest BCUT2D eigenvalue weighted by molar-refractivity contribution is 8.04. The molecule has 0 aromatic heterocycles. The third-order valence-electron chi connectivity index (χ3n) is 1.12. The number of carbonyl (C=O) groups excluding carboxylic acids is 1. The van der Waals surface area contributed by atoms with Gasteiger partial charge in [-0.05, 0) is 25.1 Å². The topological polar surface area (TPSA) is 50.1 Å². The molecule has 0 aliphatic heterocycles. The second-order valence-corrected chi connectivity index (χ2v) is 2.85. The standard InChI is InChI=1S/C7H11NO2S/c1-3-6(11-5-8)7(9)10-4-2/h6H,3-4H2,1-2H3/t6-/m0/s1. The summed E-state index contributed by atoms with van der Waals surface area (Å²) in [5.74, 6) is -0.290. The first-order valence-electron chi connectivity index (χ1n) is 3.47. The molecular weight excluding hydrogens is 162 g/mol. The molecule has 0 N–H and O–H groups in total. The molecule has 0 saturated heterocycles. The van der Waals surface area contributed by atoms with E-state index in [9.17, 15) is 4.79 Å². The maximum Gasteiger partial charge on any atom is 0.320 e. The summed E-state index contributed by atoms with van der Waals surface area (Å²) in [7, 11) is 0. The van der Waals surface area contributed by atoms with Crippen LogP contribution in [0, 0.1) is 10.7 Å². The summed E-state index contributed by atoms with van der Waals surface area (Å²) in [6.07, 6.45) is 0.636. The maximum atomic E-state index is 11.0. The van der Waals surface area contributed by atoms with Crippen LogP contribution >= 0.6 is 11.8 Å². The van der Waals surface area contributed by atoms with Crippen LogP contribution < -0.4 is 0 Å². The zero-order valence-electron chi connectivity index (χ0n) is 6.66. The third-order valence-corrected chi connectivity index (χ3v) is 2.03. The van der Waals surface area contributed by atoms with Crippen molar-refractivity contribution >= 4 is 17.7 Å². The predicted molar refractivity (Wildman–Crippen MR) is 43.9 cm³/mol. The van der Waals surface area contributed by atoms with E-state index in [1.54, 1.807) is 6.92 Å². The Morgan fingerprint density at radius 1 is 1.73 bits per heavy atom. The number of ether oxygens (including phenoxy) is 1. The van der Waals surface area contributed by atoms with Crippen molar-refractivity contribution in [1.29, 1.82) is 5.26 Å². The lowest BCUT2D eigenvalue weighted by Crippen LogP contribution is -2.18. The van der Waals surface area contributed by atoms with Crippen molar-refractivity contribution < 1.29 is 9.53 Å². The van der Waals surface area contributed by atoms with Gasteiger partial charge in [0.25, 0.3) is 0 Å². The highest BCUT2D eigenvalue weighted by atomic mass is 32.2. The van der Waals surface area contributed by atoms with Crippen LogP contribution in [-0.2, 0) is 9.53 Å². The molecule has 0 radical (unpaired) electrons. The molecule has 11 heavy (non-hydrogen) atoms. The molecule has 1 atom stereocenters. The van der Waals surface area contributed by atoms with Gasteiger partial charge in [-0.3, -0.25) is 4.79 Å². The van der Waals surface area contributed by atoms with Gasteiger partial charge >= 0.3 is 5.97 Å². The molecule has 0 rings (SSSR count). The average Bonchev–Trinajstić information content (AvgIpc) is 2.00. The van der Waals surface area contributed by atoms with Crippen molar-refractivity contribution in [2.24, 2.45) is 0 Å². The van der Waals surface area contributed by atoms with Gasteiger partial charge in [-0.2, -0.15) is 5.26 Å². The zero-order valence-corrected chi connectivity index (χ0v) is 7.48. The van der Waals surface area contributed by atoms with Crippen LogP contribution in [0.4, 0.5) is 0 Å². The van der Waals surface area contributed by atoms with Gasteiger partial charge in [0.2, 0.25) is 0 Å². The van der Waals surface area contributed by atoms with Gasteiger partial charge < -0.3 is 4.74 Å². The quantitative estimate of drug-likeness (QED) is 0.478. The van der Waals surface area contributed by atoms with Crippen LogP contribution in [0.25, 0.3) is 0 Å². The molecule has 0 aromatic rings. The van der Waals surface area contributed by atoms with E-state index in [2.05, 4.69) is 0 Å². The smallest absolute Gasteiger partial charge is 0.320 e. The summed E-state index contributed by atoms with van der Waals surface area (Å²) in [4.78, 5) is 11.0. The second kappa shape index (κ2) is 6.05. The summed E-state index contributed by atoms with van der Waals surface area (Å²) in [6.45, 7) is 3.98. The zero-order chi connectivity index (χ0) is 8.69. The van der Waals surface area contributed by atoms with Gasteiger partial charge in [-0.1, -0.05) is 6.92 Å². The van der Waals surface area contributed by atoms with Crippen molar-refractivity contribution in [2.45, 2.75) is 25.5 Å². The average molecular weight is 173 g/mol. The Kier molecular flexibility index (Phi) is 5.67. The van der Waals surface area contributed by atoms with E-state index in [1.165, 1.54) is 0 Å². The van der Waals surface area contributed by atoms with Crippen LogP contribution in [0.3, 0.4) is 0 Å². The molecule has 4 heteroatoms. The fourth-order valence-electron chi connectivity index (χ4n) is 0.597. The van der Waals surface area contributed by atoms with Gasteiger partial charge in [0.15, 0.2) is 0 Å². The number of carbonyl (C=O) groups is 1. The monoisotopic (exact) mass is 173 g/mol. The Balaban J connectivity index is 3.83. The molecule has 0 fully saturated rings. The fourth-order valence-corrected chi connectivity index (χ4v) is 1.06.